The van der Waals surface area contributed by atoms with Gasteiger partial charge in [0.1, 0.15) is 0 Å². The topological polar surface area (TPSA) is 57.8 Å². The third kappa shape index (κ3) is 2.95. The zero-order chi connectivity index (χ0) is 16.4. The summed E-state index contributed by atoms with van der Waals surface area (Å²) in [4.78, 5) is 12.6. The van der Waals surface area contributed by atoms with Crippen molar-refractivity contribution in [2.45, 2.75) is 25.7 Å². The number of hydrogen-bond donors (Lipinski definition) is 2. The van der Waals surface area contributed by atoms with Crippen LogP contribution in [0.4, 0.5) is 5.69 Å². The van der Waals surface area contributed by atoms with Gasteiger partial charge < -0.3 is 5.32 Å². The summed E-state index contributed by atoms with van der Waals surface area (Å²) >= 11 is 0. The van der Waals surface area contributed by atoms with Gasteiger partial charge in [-0.15, -0.1) is 0 Å². The van der Waals surface area contributed by atoms with Gasteiger partial charge in [-0.2, -0.15) is 5.10 Å². The minimum atomic E-state index is -0.0623. The van der Waals surface area contributed by atoms with E-state index in [0.29, 0.717) is 0 Å². The van der Waals surface area contributed by atoms with Crippen LogP contribution in [0.3, 0.4) is 0 Å². The maximum absolute atomic E-state index is 12.6. The number of fused-ring (bicyclic) bond motifs is 1. The number of amides is 1. The molecule has 24 heavy (non-hydrogen) atoms. The first-order valence-electron chi connectivity index (χ1n) is 8.32. The van der Waals surface area contributed by atoms with Crippen molar-refractivity contribution in [2.75, 3.05) is 5.32 Å². The molecule has 0 atom stereocenters. The van der Waals surface area contributed by atoms with Crippen molar-refractivity contribution in [1.29, 1.82) is 0 Å². The van der Waals surface area contributed by atoms with Crippen LogP contribution < -0.4 is 5.32 Å². The summed E-state index contributed by atoms with van der Waals surface area (Å²) in [5.74, 6) is -0.0623. The summed E-state index contributed by atoms with van der Waals surface area (Å²) in [5, 5.41) is 9.77. The second-order valence-corrected chi connectivity index (χ2v) is 6.21. The summed E-state index contributed by atoms with van der Waals surface area (Å²) < 4.78 is 0. The van der Waals surface area contributed by atoms with Crippen LogP contribution in [-0.2, 0) is 12.8 Å². The molecule has 0 unspecified atom stereocenters. The van der Waals surface area contributed by atoms with E-state index in [1.54, 1.807) is 6.20 Å². The molecule has 2 aromatic carbocycles. The summed E-state index contributed by atoms with van der Waals surface area (Å²) in [6.07, 6.45) is 8.27. The van der Waals surface area contributed by atoms with Crippen LogP contribution in [-0.4, -0.2) is 16.1 Å². The molecule has 4 heteroatoms. The van der Waals surface area contributed by atoms with Gasteiger partial charge in [0.15, 0.2) is 0 Å². The Kier molecular flexibility index (Phi) is 3.87. The number of nitrogens with one attached hydrogen (secondary N) is 2. The fraction of sp³-hybridized carbons (Fsp3) is 0.200. The van der Waals surface area contributed by atoms with Crippen LogP contribution in [0.1, 0.15) is 34.3 Å². The molecular weight excluding hydrogens is 298 g/mol. The number of carbonyl (C=O) groups is 1. The first-order chi connectivity index (χ1) is 11.8. The van der Waals surface area contributed by atoms with Gasteiger partial charge in [0.05, 0.1) is 6.20 Å². The Morgan fingerprint density at radius 3 is 2.71 bits per heavy atom. The van der Waals surface area contributed by atoms with Crippen molar-refractivity contribution in [2.24, 2.45) is 0 Å². The second kappa shape index (κ2) is 6.32. The molecule has 120 valence electrons. The van der Waals surface area contributed by atoms with E-state index in [0.717, 1.165) is 35.2 Å². The van der Waals surface area contributed by atoms with Crippen molar-refractivity contribution in [3.8, 4) is 11.1 Å². The largest absolute Gasteiger partial charge is 0.322 e. The highest BCUT2D eigenvalue weighted by Crippen LogP contribution is 2.24. The quantitative estimate of drug-likeness (QED) is 0.760. The Labute approximate surface area is 140 Å². The molecule has 1 aliphatic rings. The number of anilines is 1. The lowest BCUT2D eigenvalue weighted by Crippen LogP contribution is -2.13. The molecule has 1 heterocycles. The van der Waals surface area contributed by atoms with E-state index in [9.17, 15) is 4.79 Å². The van der Waals surface area contributed by atoms with Crippen molar-refractivity contribution in [3.05, 3.63) is 71.5 Å². The van der Waals surface area contributed by atoms with Crippen molar-refractivity contribution >= 4 is 11.6 Å². The molecule has 0 radical (unpaired) electrons. The van der Waals surface area contributed by atoms with Crippen LogP contribution >= 0.6 is 0 Å². The number of aryl methyl sites for hydroxylation is 2. The molecule has 4 nitrogen and oxygen atoms in total. The van der Waals surface area contributed by atoms with Crippen LogP contribution in [0.2, 0.25) is 0 Å². The normalized spacial score (nSPS) is 13.3. The monoisotopic (exact) mass is 317 g/mol. The van der Waals surface area contributed by atoms with Crippen molar-refractivity contribution in [1.82, 2.24) is 10.2 Å². The Bertz CT molecular complexity index is 868. The molecule has 2 N–H and O–H groups in total. The summed E-state index contributed by atoms with van der Waals surface area (Å²) in [7, 11) is 0. The van der Waals surface area contributed by atoms with E-state index in [4.69, 9.17) is 0 Å². The Morgan fingerprint density at radius 1 is 1.00 bits per heavy atom. The van der Waals surface area contributed by atoms with Crippen molar-refractivity contribution in [3.63, 3.8) is 0 Å². The highest BCUT2D eigenvalue weighted by atomic mass is 16.1. The number of H-pyrrole nitrogens is 1. The molecule has 0 spiro atoms. The van der Waals surface area contributed by atoms with Gasteiger partial charge in [-0.3, -0.25) is 9.89 Å². The van der Waals surface area contributed by atoms with Gasteiger partial charge in [-0.1, -0.05) is 18.2 Å². The minimum Gasteiger partial charge on any atom is -0.322 e. The molecular formula is C20H19N3O. The summed E-state index contributed by atoms with van der Waals surface area (Å²) in [6.45, 7) is 0. The van der Waals surface area contributed by atoms with Crippen molar-refractivity contribution < 1.29 is 4.79 Å². The molecule has 0 aliphatic heterocycles. The van der Waals surface area contributed by atoms with Gasteiger partial charge in [-0.05, 0) is 66.6 Å². The lowest BCUT2D eigenvalue weighted by molar-refractivity contribution is 0.102. The SMILES string of the molecule is O=C(Nc1cccc(-c2cn[nH]c2)c1)c1ccc2c(c1)CCCC2. The number of benzene rings is 2. The predicted molar refractivity (Wildman–Crippen MR) is 95.1 cm³/mol. The van der Waals surface area contributed by atoms with Gasteiger partial charge in [-0.25, -0.2) is 0 Å². The number of nitrogens with zero attached hydrogens (tertiary/aromatic N) is 1. The standard InChI is InChI=1S/C20H19N3O/c24-20(17-9-8-14-4-1-2-5-15(14)10-17)23-19-7-3-6-16(11-19)18-12-21-22-13-18/h3,6-13H,1-2,4-5H2,(H,21,22)(H,23,24). The zero-order valence-electron chi connectivity index (χ0n) is 13.4. The maximum atomic E-state index is 12.6. The first kappa shape index (κ1) is 14.7. The molecule has 3 aromatic rings. The average molecular weight is 317 g/mol. The number of carbonyl (C=O) groups excluding carboxylic acids is 1. The van der Waals surface area contributed by atoms with E-state index >= 15 is 0 Å². The lowest BCUT2D eigenvalue weighted by Gasteiger charge is -2.16. The Balaban J connectivity index is 1.55. The van der Waals surface area contributed by atoms with E-state index in [-0.39, 0.29) is 5.91 Å². The Hall–Kier alpha value is -2.88. The van der Waals surface area contributed by atoms with E-state index in [2.05, 4.69) is 21.6 Å². The summed E-state index contributed by atoms with van der Waals surface area (Å²) in [6, 6.07) is 13.9. The van der Waals surface area contributed by atoms with Crippen LogP contribution in [0, 0.1) is 0 Å². The molecule has 0 fully saturated rings. The van der Waals surface area contributed by atoms with Crippen LogP contribution in [0.5, 0.6) is 0 Å². The fourth-order valence-corrected chi connectivity index (χ4v) is 3.26. The van der Waals surface area contributed by atoms with Crippen LogP contribution in [0.15, 0.2) is 54.9 Å². The molecule has 4 rings (SSSR count). The van der Waals surface area contributed by atoms with Gasteiger partial charge >= 0.3 is 0 Å². The van der Waals surface area contributed by atoms with E-state index in [1.807, 2.05) is 42.6 Å². The van der Waals surface area contributed by atoms with E-state index < -0.39 is 0 Å². The number of rotatable bonds is 3. The molecule has 0 saturated heterocycles. The molecule has 0 saturated carbocycles. The third-order valence-corrected chi connectivity index (χ3v) is 4.56. The summed E-state index contributed by atoms with van der Waals surface area (Å²) in [5.41, 5.74) is 6.24. The van der Waals surface area contributed by atoms with Gasteiger partial charge in [0.2, 0.25) is 0 Å². The third-order valence-electron chi connectivity index (χ3n) is 4.56. The molecule has 1 amide bonds. The average Bonchev–Trinajstić information content (AvgIpc) is 3.16. The van der Waals surface area contributed by atoms with E-state index in [1.165, 1.54) is 24.0 Å². The molecule has 1 aromatic heterocycles. The zero-order valence-corrected chi connectivity index (χ0v) is 13.4. The molecule has 0 bridgehead atoms. The molecule has 1 aliphatic carbocycles. The van der Waals surface area contributed by atoms with Gasteiger partial charge in [0, 0.05) is 23.0 Å². The number of hydrogen-bond acceptors (Lipinski definition) is 2. The fourth-order valence-electron chi connectivity index (χ4n) is 3.26. The van der Waals surface area contributed by atoms with Gasteiger partial charge in [0.25, 0.3) is 5.91 Å². The highest BCUT2D eigenvalue weighted by molar-refractivity contribution is 6.04. The minimum absolute atomic E-state index is 0.0623. The number of aromatic amines is 1. The number of aromatic nitrogens is 2. The lowest BCUT2D eigenvalue weighted by atomic mass is 9.90. The highest BCUT2D eigenvalue weighted by Gasteiger charge is 2.13. The Morgan fingerprint density at radius 2 is 1.88 bits per heavy atom. The predicted octanol–water partition coefficient (Wildman–Crippen LogP) is 4.21. The first-order valence-corrected chi connectivity index (χ1v) is 8.32. The van der Waals surface area contributed by atoms with Crippen LogP contribution in [0.25, 0.3) is 11.1 Å². The maximum Gasteiger partial charge on any atom is 0.255 e. The smallest absolute Gasteiger partial charge is 0.255 e. The second-order valence-electron chi connectivity index (χ2n) is 6.21.